The van der Waals surface area contributed by atoms with Gasteiger partial charge in [0.2, 0.25) is 0 Å². The fourth-order valence-electron chi connectivity index (χ4n) is 5.23. The third-order valence-electron chi connectivity index (χ3n) is 6.88. The highest BCUT2D eigenvalue weighted by Crippen LogP contribution is 2.42. The average Bonchev–Trinajstić information content (AvgIpc) is 2.83. The molecule has 1 N–H and O–H groups in total. The van der Waals surface area contributed by atoms with Crippen LogP contribution in [0.15, 0.2) is 60.7 Å². The number of carbonyl (C=O) groups excluding carboxylic acids is 1. The molecule has 0 saturated heterocycles. The summed E-state index contributed by atoms with van der Waals surface area (Å²) < 4.78 is 19.1. The zero-order valence-corrected chi connectivity index (χ0v) is 23.2. The van der Waals surface area contributed by atoms with E-state index in [2.05, 4.69) is 41.5 Å². The summed E-state index contributed by atoms with van der Waals surface area (Å²) in [6.45, 7) is 14.1. The first-order chi connectivity index (χ1) is 16.7. The lowest BCUT2D eigenvalue weighted by Crippen LogP contribution is -2.51. The zero-order chi connectivity index (χ0) is 25.8. The molecule has 0 bridgehead atoms. The molecule has 0 aliphatic carbocycles. The summed E-state index contributed by atoms with van der Waals surface area (Å²) in [5.41, 5.74) is 3.20. The molecule has 0 saturated carbocycles. The van der Waals surface area contributed by atoms with E-state index in [-0.39, 0.29) is 13.0 Å². The van der Waals surface area contributed by atoms with Crippen LogP contribution in [-0.4, -0.2) is 44.6 Å². The molecule has 5 nitrogen and oxygen atoms in total. The third kappa shape index (κ3) is 8.36. The molecule has 2 aromatic rings. The maximum atomic E-state index is 11.6. The number of aldehydes is 1. The van der Waals surface area contributed by atoms with E-state index in [1.807, 2.05) is 60.7 Å². The van der Waals surface area contributed by atoms with E-state index in [1.54, 1.807) is 0 Å². The summed E-state index contributed by atoms with van der Waals surface area (Å²) in [5.74, 6) is 0. The first-order valence-electron chi connectivity index (χ1n) is 12.8. The molecule has 0 fully saturated rings. The molecular weight excluding hydrogens is 456 g/mol. The highest BCUT2D eigenvalue weighted by atomic mass is 28.4. The summed E-state index contributed by atoms with van der Waals surface area (Å²) in [4.78, 5) is 11.6. The zero-order valence-electron chi connectivity index (χ0n) is 22.2. The number of ether oxygens (including phenoxy) is 2. The molecule has 2 rings (SSSR count). The fraction of sp³-hybridized carbons (Fsp3) is 0.552. The highest BCUT2D eigenvalue weighted by Gasteiger charge is 2.46. The van der Waals surface area contributed by atoms with Crippen LogP contribution in [0.25, 0.3) is 0 Å². The first kappa shape index (κ1) is 29.4. The van der Waals surface area contributed by atoms with Crippen molar-refractivity contribution in [3.05, 3.63) is 71.8 Å². The molecule has 0 unspecified atom stereocenters. The van der Waals surface area contributed by atoms with Crippen molar-refractivity contribution in [2.45, 2.75) is 96.1 Å². The van der Waals surface area contributed by atoms with Crippen LogP contribution in [-0.2, 0) is 31.9 Å². The Morgan fingerprint density at radius 2 is 1.23 bits per heavy atom. The number of hydrogen-bond acceptors (Lipinski definition) is 5. The molecule has 6 heteroatoms. The Hall–Kier alpha value is -1.83. The van der Waals surface area contributed by atoms with E-state index >= 15 is 0 Å². The van der Waals surface area contributed by atoms with Crippen LogP contribution in [0.3, 0.4) is 0 Å². The summed E-state index contributed by atoms with van der Waals surface area (Å²) in [5, 5.41) is 11.4. The van der Waals surface area contributed by atoms with Crippen molar-refractivity contribution in [3.63, 3.8) is 0 Å². The van der Waals surface area contributed by atoms with Gasteiger partial charge in [0.25, 0.3) is 0 Å². The van der Waals surface area contributed by atoms with Crippen molar-refractivity contribution in [2.24, 2.45) is 0 Å². The Bertz CT molecular complexity index is 819. The number of aliphatic hydroxyl groups excluding tert-OH is 1. The maximum Gasteiger partial charge on any atom is 0.200 e. The molecular formula is C29H44O5Si. The fourth-order valence-corrected chi connectivity index (χ4v) is 10.7. The van der Waals surface area contributed by atoms with Gasteiger partial charge in [-0.3, -0.25) is 0 Å². The molecule has 0 aliphatic heterocycles. The van der Waals surface area contributed by atoms with E-state index in [9.17, 15) is 9.90 Å². The molecule has 0 aromatic heterocycles. The first-order valence-corrected chi connectivity index (χ1v) is 14.9. The lowest BCUT2D eigenvalue weighted by molar-refractivity contribution is -0.145. The van der Waals surface area contributed by atoms with Crippen LogP contribution < -0.4 is 0 Å². The van der Waals surface area contributed by atoms with Gasteiger partial charge in [-0.05, 0) is 27.8 Å². The smallest absolute Gasteiger partial charge is 0.200 e. The number of benzene rings is 2. The van der Waals surface area contributed by atoms with Crippen LogP contribution >= 0.6 is 0 Å². The van der Waals surface area contributed by atoms with E-state index in [1.165, 1.54) is 0 Å². The van der Waals surface area contributed by atoms with E-state index < -0.39 is 26.6 Å². The molecule has 0 radical (unpaired) electrons. The topological polar surface area (TPSA) is 65.0 Å². The van der Waals surface area contributed by atoms with Gasteiger partial charge in [-0.25, -0.2) is 0 Å². The Kier molecular flexibility index (Phi) is 12.3. The third-order valence-corrected chi connectivity index (χ3v) is 13.0. The van der Waals surface area contributed by atoms with Crippen LogP contribution in [0.2, 0.25) is 16.6 Å². The molecule has 0 spiro atoms. The summed E-state index contributed by atoms with van der Waals surface area (Å²) in [6, 6.07) is 19.6. The second kappa shape index (κ2) is 14.7. The predicted octanol–water partition coefficient (Wildman–Crippen LogP) is 6.30. The second-order valence-electron chi connectivity index (χ2n) is 10.2. The number of carbonyl (C=O) groups is 1. The molecule has 3 atom stereocenters. The van der Waals surface area contributed by atoms with Gasteiger partial charge < -0.3 is 23.8 Å². The van der Waals surface area contributed by atoms with E-state index in [0.29, 0.717) is 29.8 Å². The predicted molar refractivity (Wildman–Crippen MR) is 144 cm³/mol. The van der Waals surface area contributed by atoms with Gasteiger partial charge in [-0.15, -0.1) is 0 Å². The van der Waals surface area contributed by atoms with Crippen molar-refractivity contribution in [3.8, 4) is 0 Å². The Labute approximate surface area is 212 Å². The van der Waals surface area contributed by atoms with Crippen molar-refractivity contribution in [2.75, 3.05) is 6.61 Å². The SMILES string of the molecule is CC(C)[Si](OC[C@@H](O)[C@H](OCc1ccccc1)[C@@H](CC=O)OCc1ccccc1)(C(C)C)C(C)C. The summed E-state index contributed by atoms with van der Waals surface area (Å²) in [6.07, 6.45) is -1.27. The number of rotatable bonds is 16. The number of hydrogen-bond donors (Lipinski definition) is 1. The van der Waals surface area contributed by atoms with Crippen LogP contribution in [0.4, 0.5) is 0 Å². The van der Waals surface area contributed by atoms with Crippen LogP contribution in [0.1, 0.15) is 59.1 Å². The maximum absolute atomic E-state index is 11.6. The normalized spacial score (nSPS) is 14.9. The number of aliphatic hydroxyl groups is 1. The van der Waals surface area contributed by atoms with E-state index in [4.69, 9.17) is 13.9 Å². The second-order valence-corrected chi connectivity index (χ2v) is 15.7. The van der Waals surface area contributed by atoms with Crippen molar-refractivity contribution in [1.82, 2.24) is 0 Å². The highest BCUT2D eigenvalue weighted by molar-refractivity contribution is 6.77. The van der Waals surface area contributed by atoms with Gasteiger partial charge in [-0.2, -0.15) is 0 Å². The van der Waals surface area contributed by atoms with Crippen molar-refractivity contribution < 1.29 is 23.8 Å². The van der Waals surface area contributed by atoms with Crippen molar-refractivity contribution >= 4 is 14.6 Å². The van der Waals surface area contributed by atoms with Gasteiger partial charge in [0.1, 0.15) is 18.5 Å². The minimum atomic E-state index is -2.17. The monoisotopic (exact) mass is 500 g/mol. The Morgan fingerprint density at radius 1 is 0.771 bits per heavy atom. The van der Waals surface area contributed by atoms with Gasteiger partial charge in [0.15, 0.2) is 8.32 Å². The van der Waals surface area contributed by atoms with Gasteiger partial charge >= 0.3 is 0 Å². The molecule has 0 aliphatic rings. The standard InChI is InChI=1S/C29H44O5Si/c1-22(2)35(23(3)4,24(5)6)34-21-27(31)29(33-20-26-15-11-8-12-16-26)28(17-18-30)32-19-25-13-9-7-10-14-25/h7-16,18,22-24,27-29,31H,17,19-21H2,1-6H3/t27-,28-,29+/m1/s1. The summed E-state index contributed by atoms with van der Waals surface area (Å²) in [7, 11) is -2.17. The average molecular weight is 501 g/mol. The molecule has 2 aromatic carbocycles. The molecule has 0 amide bonds. The quantitative estimate of drug-likeness (QED) is 0.216. The molecule has 0 heterocycles. The lowest BCUT2D eigenvalue weighted by atomic mass is 10.1. The van der Waals surface area contributed by atoms with Gasteiger partial charge in [-0.1, -0.05) is 102 Å². The lowest BCUT2D eigenvalue weighted by Gasteiger charge is -2.43. The largest absolute Gasteiger partial charge is 0.413 e. The van der Waals surface area contributed by atoms with Crippen LogP contribution in [0, 0.1) is 0 Å². The van der Waals surface area contributed by atoms with Gasteiger partial charge in [0, 0.05) is 6.42 Å². The molecule has 35 heavy (non-hydrogen) atoms. The Morgan fingerprint density at radius 3 is 1.66 bits per heavy atom. The van der Waals surface area contributed by atoms with Gasteiger partial charge in [0.05, 0.1) is 25.9 Å². The molecule has 194 valence electrons. The van der Waals surface area contributed by atoms with Crippen LogP contribution in [0.5, 0.6) is 0 Å². The van der Waals surface area contributed by atoms with Crippen molar-refractivity contribution in [1.29, 1.82) is 0 Å². The van der Waals surface area contributed by atoms with E-state index in [0.717, 1.165) is 17.4 Å². The summed E-state index contributed by atoms with van der Waals surface area (Å²) >= 11 is 0. The minimum Gasteiger partial charge on any atom is -0.413 e. The Balaban J connectivity index is 2.23. The minimum absolute atomic E-state index is 0.129.